The molecular weight excluding hydrogens is 226 g/mol. The van der Waals surface area contributed by atoms with Crippen LogP contribution in [0, 0.1) is 5.92 Å². The van der Waals surface area contributed by atoms with E-state index in [2.05, 4.69) is 24.1 Å². The second-order valence-corrected chi connectivity index (χ2v) is 4.54. The van der Waals surface area contributed by atoms with Gasteiger partial charge in [0.2, 0.25) is 0 Å². The molecule has 0 radical (unpaired) electrons. The van der Waals surface area contributed by atoms with Crippen LogP contribution in [0.15, 0.2) is 18.3 Å². The van der Waals surface area contributed by atoms with Gasteiger partial charge in [-0.25, -0.2) is 4.98 Å². The molecule has 0 fully saturated rings. The Kier molecular flexibility index (Phi) is 5.62. The molecule has 0 aromatic carbocycles. The van der Waals surface area contributed by atoms with Gasteiger partial charge in [-0.3, -0.25) is 4.79 Å². The maximum absolute atomic E-state index is 12.3. The van der Waals surface area contributed by atoms with E-state index in [1.807, 2.05) is 31.0 Å². The zero-order valence-electron chi connectivity index (χ0n) is 11.7. The molecule has 1 aromatic rings. The maximum Gasteiger partial charge on any atom is 0.255 e. The minimum atomic E-state index is 0.0629. The first-order chi connectivity index (χ1) is 8.62. The van der Waals surface area contributed by atoms with Crippen LogP contribution in [0.4, 0.5) is 5.82 Å². The molecule has 1 amide bonds. The molecule has 0 spiro atoms. The van der Waals surface area contributed by atoms with Gasteiger partial charge < -0.3 is 10.2 Å². The quantitative estimate of drug-likeness (QED) is 0.843. The third kappa shape index (κ3) is 3.72. The Bertz CT molecular complexity index is 375. The normalized spacial score (nSPS) is 12.0. The number of hydrogen-bond acceptors (Lipinski definition) is 3. The molecule has 4 heteroatoms. The first-order valence-corrected chi connectivity index (χ1v) is 6.55. The van der Waals surface area contributed by atoms with Gasteiger partial charge in [-0.2, -0.15) is 0 Å². The van der Waals surface area contributed by atoms with Crippen LogP contribution in [0.25, 0.3) is 0 Å². The number of aromatic nitrogens is 1. The minimum Gasteiger partial charge on any atom is -0.373 e. The second-order valence-electron chi connectivity index (χ2n) is 4.54. The number of nitrogens with one attached hydrogen (secondary N) is 1. The average Bonchev–Trinajstić information content (AvgIpc) is 2.43. The highest BCUT2D eigenvalue weighted by atomic mass is 16.2. The number of hydrogen-bond donors (Lipinski definition) is 1. The lowest BCUT2D eigenvalue weighted by Gasteiger charge is -2.24. The summed E-state index contributed by atoms with van der Waals surface area (Å²) in [6, 6.07) is 3.64. The summed E-state index contributed by atoms with van der Waals surface area (Å²) in [6.45, 7) is 7.86. The lowest BCUT2D eigenvalue weighted by Crippen LogP contribution is -2.34. The fraction of sp³-hybridized carbons (Fsp3) is 0.571. The van der Waals surface area contributed by atoms with Gasteiger partial charge in [0.05, 0.1) is 5.56 Å². The molecule has 1 atom stereocenters. The summed E-state index contributed by atoms with van der Waals surface area (Å²) in [7, 11) is 1.81. The Hall–Kier alpha value is -1.58. The van der Waals surface area contributed by atoms with Crippen molar-refractivity contribution in [3.05, 3.63) is 23.9 Å². The number of carbonyl (C=O) groups is 1. The molecule has 100 valence electrons. The van der Waals surface area contributed by atoms with Gasteiger partial charge in [0.1, 0.15) is 5.82 Å². The van der Waals surface area contributed by atoms with Crippen LogP contribution >= 0.6 is 0 Å². The number of anilines is 1. The first-order valence-electron chi connectivity index (χ1n) is 6.55. The highest BCUT2D eigenvalue weighted by Crippen LogP contribution is 2.10. The summed E-state index contributed by atoms with van der Waals surface area (Å²) >= 11 is 0. The van der Waals surface area contributed by atoms with Gasteiger partial charge in [0, 0.05) is 26.3 Å². The van der Waals surface area contributed by atoms with E-state index in [1.54, 1.807) is 6.20 Å². The molecule has 18 heavy (non-hydrogen) atoms. The lowest BCUT2D eigenvalue weighted by atomic mass is 10.1. The number of amides is 1. The van der Waals surface area contributed by atoms with Crippen molar-refractivity contribution in [3.63, 3.8) is 0 Å². The van der Waals surface area contributed by atoms with Crippen LogP contribution in [-0.4, -0.2) is 35.9 Å². The van der Waals surface area contributed by atoms with E-state index < -0.39 is 0 Å². The molecule has 0 saturated carbocycles. The van der Waals surface area contributed by atoms with Crippen LogP contribution in [0.5, 0.6) is 0 Å². The Morgan fingerprint density at radius 1 is 1.44 bits per heavy atom. The SMILES string of the molecule is CCC(C)CN(CC)C(=O)c1ccc(NC)nc1. The Labute approximate surface area is 109 Å². The molecule has 1 N–H and O–H groups in total. The Balaban J connectivity index is 2.76. The van der Waals surface area contributed by atoms with Gasteiger partial charge >= 0.3 is 0 Å². The van der Waals surface area contributed by atoms with Gasteiger partial charge in [-0.1, -0.05) is 20.3 Å². The molecule has 0 aliphatic carbocycles. The fourth-order valence-electron chi connectivity index (χ4n) is 1.71. The van der Waals surface area contributed by atoms with Crippen molar-refractivity contribution in [2.75, 3.05) is 25.5 Å². The average molecular weight is 249 g/mol. The van der Waals surface area contributed by atoms with Crippen molar-refractivity contribution in [1.29, 1.82) is 0 Å². The molecule has 0 aliphatic heterocycles. The first kappa shape index (κ1) is 14.5. The topological polar surface area (TPSA) is 45.2 Å². The van der Waals surface area contributed by atoms with Crippen molar-refractivity contribution >= 4 is 11.7 Å². The summed E-state index contributed by atoms with van der Waals surface area (Å²) in [5.41, 5.74) is 0.652. The van der Waals surface area contributed by atoms with E-state index in [1.165, 1.54) is 0 Å². The molecule has 1 unspecified atom stereocenters. The van der Waals surface area contributed by atoms with Crippen LogP contribution < -0.4 is 5.32 Å². The van der Waals surface area contributed by atoms with E-state index in [4.69, 9.17) is 0 Å². The van der Waals surface area contributed by atoms with Crippen molar-refractivity contribution < 1.29 is 4.79 Å². The predicted molar refractivity (Wildman–Crippen MR) is 74.8 cm³/mol. The van der Waals surface area contributed by atoms with Crippen LogP contribution in [0.3, 0.4) is 0 Å². The largest absolute Gasteiger partial charge is 0.373 e. The van der Waals surface area contributed by atoms with Gasteiger partial charge in [-0.05, 0) is 25.0 Å². The van der Waals surface area contributed by atoms with E-state index in [0.717, 1.165) is 25.3 Å². The van der Waals surface area contributed by atoms with Crippen molar-refractivity contribution in [1.82, 2.24) is 9.88 Å². The van der Waals surface area contributed by atoms with Crippen molar-refractivity contribution in [3.8, 4) is 0 Å². The number of carbonyl (C=O) groups excluding carboxylic acids is 1. The highest BCUT2D eigenvalue weighted by molar-refractivity contribution is 5.94. The molecule has 1 rings (SSSR count). The lowest BCUT2D eigenvalue weighted by molar-refractivity contribution is 0.0740. The number of pyridine rings is 1. The molecule has 0 saturated heterocycles. The third-order valence-corrected chi connectivity index (χ3v) is 3.16. The number of nitrogens with zero attached hydrogens (tertiary/aromatic N) is 2. The molecule has 0 aliphatic rings. The third-order valence-electron chi connectivity index (χ3n) is 3.16. The Morgan fingerprint density at radius 3 is 2.61 bits per heavy atom. The summed E-state index contributed by atoms with van der Waals surface area (Å²) in [6.07, 6.45) is 2.72. The standard InChI is InChI=1S/C14H23N3O/c1-5-11(3)10-17(6-2)14(18)12-7-8-13(15-4)16-9-12/h7-9,11H,5-6,10H2,1-4H3,(H,15,16). The Morgan fingerprint density at radius 2 is 2.17 bits per heavy atom. The van der Waals surface area contributed by atoms with Crippen LogP contribution in [0.1, 0.15) is 37.6 Å². The zero-order chi connectivity index (χ0) is 13.5. The molecule has 1 aromatic heterocycles. The van der Waals surface area contributed by atoms with E-state index >= 15 is 0 Å². The summed E-state index contributed by atoms with van der Waals surface area (Å²) in [4.78, 5) is 18.3. The fourth-order valence-corrected chi connectivity index (χ4v) is 1.71. The van der Waals surface area contributed by atoms with Crippen molar-refractivity contribution in [2.45, 2.75) is 27.2 Å². The van der Waals surface area contributed by atoms with Gasteiger partial charge in [-0.15, -0.1) is 0 Å². The zero-order valence-corrected chi connectivity index (χ0v) is 11.7. The van der Waals surface area contributed by atoms with Crippen LogP contribution in [-0.2, 0) is 0 Å². The maximum atomic E-state index is 12.3. The minimum absolute atomic E-state index is 0.0629. The van der Waals surface area contributed by atoms with Gasteiger partial charge in [0.25, 0.3) is 5.91 Å². The molecule has 0 bridgehead atoms. The smallest absolute Gasteiger partial charge is 0.255 e. The summed E-state index contributed by atoms with van der Waals surface area (Å²) in [5, 5.41) is 2.94. The predicted octanol–water partition coefficient (Wildman–Crippen LogP) is 2.63. The number of rotatable bonds is 6. The molecule has 4 nitrogen and oxygen atoms in total. The second kappa shape index (κ2) is 6.99. The summed E-state index contributed by atoms with van der Waals surface area (Å²) in [5.74, 6) is 1.36. The highest BCUT2D eigenvalue weighted by Gasteiger charge is 2.16. The van der Waals surface area contributed by atoms with Gasteiger partial charge in [0.15, 0.2) is 0 Å². The van der Waals surface area contributed by atoms with E-state index in [0.29, 0.717) is 11.5 Å². The monoisotopic (exact) mass is 249 g/mol. The molecule has 1 heterocycles. The van der Waals surface area contributed by atoms with E-state index in [9.17, 15) is 4.79 Å². The summed E-state index contributed by atoms with van der Waals surface area (Å²) < 4.78 is 0. The molecular formula is C14H23N3O. The van der Waals surface area contributed by atoms with Crippen LogP contribution in [0.2, 0.25) is 0 Å². The van der Waals surface area contributed by atoms with Crippen molar-refractivity contribution in [2.24, 2.45) is 5.92 Å². The van der Waals surface area contributed by atoms with E-state index in [-0.39, 0.29) is 5.91 Å².